The molecule has 0 aromatic carbocycles. The smallest absolute Gasteiger partial charge is 0.0596 e. The zero-order valence-corrected chi connectivity index (χ0v) is 12.1. The summed E-state index contributed by atoms with van der Waals surface area (Å²) in [6, 6.07) is 2.98. The van der Waals surface area contributed by atoms with Crippen LogP contribution in [0.2, 0.25) is 0 Å². The summed E-state index contributed by atoms with van der Waals surface area (Å²) in [5, 5.41) is 8.12. The van der Waals surface area contributed by atoms with E-state index in [1.54, 1.807) is 0 Å². The van der Waals surface area contributed by atoms with E-state index in [0.717, 1.165) is 24.1 Å². The molecule has 0 aliphatic heterocycles. The first-order chi connectivity index (χ1) is 8.70. The highest BCUT2D eigenvalue weighted by Gasteiger charge is 2.30. The zero-order valence-electron chi connectivity index (χ0n) is 12.1. The fourth-order valence-electron chi connectivity index (χ4n) is 2.73. The molecule has 0 saturated heterocycles. The van der Waals surface area contributed by atoms with Gasteiger partial charge in [0.2, 0.25) is 0 Å². The van der Waals surface area contributed by atoms with E-state index in [4.69, 9.17) is 0 Å². The molecule has 1 aromatic rings. The molecule has 1 saturated carbocycles. The standard InChI is InChI=1S/C15H27N3/c1-4-10-16-15(13-8-9-13)7-5-6-14-11-12(2)17-18(14)3/h11,13,15-16H,4-10H2,1-3H3. The SMILES string of the molecule is CCCNC(CCCc1cc(C)nn1C)C1CC1. The summed E-state index contributed by atoms with van der Waals surface area (Å²) in [5.41, 5.74) is 2.51. The maximum Gasteiger partial charge on any atom is 0.0596 e. The van der Waals surface area contributed by atoms with Crippen molar-refractivity contribution in [3.63, 3.8) is 0 Å². The molecule has 3 nitrogen and oxygen atoms in total. The van der Waals surface area contributed by atoms with Crippen LogP contribution in [0.1, 0.15) is 50.4 Å². The Kier molecular flexibility index (Phi) is 4.81. The van der Waals surface area contributed by atoms with E-state index in [-0.39, 0.29) is 0 Å². The van der Waals surface area contributed by atoms with Crippen molar-refractivity contribution in [2.24, 2.45) is 13.0 Å². The van der Waals surface area contributed by atoms with Gasteiger partial charge >= 0.3 is 0 Å². The third-order valence-electron chi connectivity index (χ3n) is 3.89. The van der Waals surface area contributed by atoms with Crippen LogP contribution in [0, 0.1) is 12.8 Å². The molecule has 1 aromatic heterocycles. The van der Waals surface area contributed by atoms with Gasteiger partial charge in [-0.2, -0.15) is 5.10 Å². The second-order valence-corrected chi connectivity index (χ2v) is 5.69. The van der Waals surface area contributed by atoms with Crippen LogP contribution in [0.15, 0.2) is 6.07 Å². The van der Waals surface area contributed by atoms with E-state index in [9.17, 15) is 0 Å². The molecular weight excluding hydrogens is 222 g/mol. The molecule has 102 valence electrons. The minimum Gasteiger partial charge on any atom is -0.314 e. The molecule has 2 rings (SSSR count). The largest absolute Gasteiger partial charge is 0.314 e. The van der Waals surface area contributed by atoms with Gasteiger partial charge in [-0.1, -0.05) is 6.92 Å². The van der Waals surface area contributed by atoms with Crippen LogP contribution < -0.4 is 5.32 Å². The van der Waals surface area contributed by atoms with Gasteiger partial charge in [0.25, 0.3) is 0 Å². The molecule has 0 amide bonds. The summed E-state index contributed by atoms with van der Waals surface area (Å²) in [6.07, 6.45) is 7.86. The first-order valence-corrected chi connectivity index (χ1v) is 7.43. The van der Waals surface area contributed by atoms with Crippen LogP contribution in [0.4, 0.5) is 0 Å². The summed E-state index contributed by atoms with van der Waals surface area (Å²) in [7, 11) is 2.05. The number of nitrogens with zero attached hydrogens (tertiary/aromatic N) is 2. The molecule has 0 radical (unpaired) electrons. The van der Waals surface area contributed by atoms with Gasteiger partial charge in [-0.15, -0.1) is 0 Å². The molecule has 18 heavy (non-hydrogen) atoms. The highest BCUT2D eigenvalue weighted by atomic mass is 15.3. The average molecular weight is 249 g/mol. The van der Waals surface area contributed by atoms with Crippen molar-refractivity contribution in [3.8, 4) is 0 Å². The Morgan fingerprint density at radius 1 is 1.50 bits per heavy atom. The summed E-state index contributed by atoms with van der Waals surface area (Å²) >= 11 is 0. The Morgan fingerprint density at radius 2 is 2.28 bits per heavy atom. The Balaban J connectivity index is 1.74. The molecule has 0 bridgehead atoms. The molecule has 3 heteroatoms. The minimum atomic E-state index is 0.763. The van der Waals surface area contributed by atoms with Crippen LogP contribution >= 0.6 is 0 Å². The number of aromatic nitrogens is 2. The van der Waals surface area contributed by atoms with Crippen molar-refractivity contribution in [2.75, 3.05) is 6.54 Å². The lowest BCUT2D eigenvalue weighted by molar-refractivity contribution is 0.423. The fraction of sp³-hybridized carbons (Fsp3) is 0.800. The van der Waals surface area contributed by atoms with Gasteiger partial charge in [0.15, 0.2) is 0 Å². The van der Waals surface area contributed by atoms with Gasteiger partial charge in [0.1, 0.15) is 0 Å². The van der Waals surface area contributed by atoms with Gasteiger partial charge in [-0.25, -0.2) is 0 Å². The number of rotatable bonds is 8. The van der Waals surface area contributed by atoms with Gasteiger partial charge in [-0.05, 0) is 64.0 Å². The molecule has 0 spiro atoms. The Labute approximate surface area is 111 Å². The molecule has 1 aliphatic carbocycles. The summed E-state index contributed by atoms with van der Waals surface area (Å²) in [4.78, 5) is 0. The Morgan fingerprint density at radius 3 is 2.83 bits per heavy atom. The van der Waals surface area contributed by atoms with Crippen molar-refractivity contribution in [3.05, 3.63) is 17.5 Å². The summed E-state index contributed by atoms with van der Waals surface area (Å²) in [5.74, 6) is 0.963. The highest BCUT2D eigenvalue weighted by Crippen LogP contribution is 2.34. The van der Waals surface area contributed by atoms with Crippen LogP contribution in [-0.4, -0.2) is 22.4 Å². The second kappa shape index (κ2) is 6.37. The van der Waals surface area contributed by atoms with E-state index in [0.29, 0.717) is 0 Å². The van der Waals surface area contributed by atoms with Crippen LogP contribution in [0.25, 0.3) is 0 Å². The van der Waals surface area contributed by atoms with Crippen molar-refractivity contribution in [1.29, 1.82) is 0 Å². The molecule has 1 atom stereocenters. The number of hydrogen-bond acceptors (Lipinski definition) is 2. The molecule has 1 aliphatic rings. The van der Waals surface area contributed by atoms with Crippen LogP contribution in [-0.2, 0) is 13.5 Å². The van der Waals surface area contributed by atoms with Crippen LogP contribution in [0.3, 0.4) is 0 Å². The van der Waals surface area contributed by atoms with Gasteiger partial charge in [-0.3, -0.25) is 4.68 Å². The quantitative estimate of drug-likeness (QED) is 0.768. The first-order valence-electron chi connectivity index (χ1n) is 7.43. The molecule has 1 unspecified atom stereocenters. The minimum absolute atomic E-state index is 0.763. The third kappa shape index (κ3) is 3.84. The summed E-state index contributed by atoms with van der Waals surface area (Å²) in [6.45, 7) is 5.49. The van der Waals surface area contributed by atoms with Crippen molar-refractivity contribution in [1.82, 2.24) is 15.1 Å². The van der Waals surface area contributed by atoms with Crippen LogP contribution in [0.5, 0.6) is 0 Å². The van der Waals surface area contributed by atoms with Gasteiger partial charge in [0.05, 0.1) is 5.69 Å². The number of aryl methyl sites for hydroxylation is 3. The third-order valence-corrected chi connectivity index (χ3v) is 3.89. The van der Waals surface area contributed by atoms with Crippen molar-refractivity contribution >= 4 is 0 Å². The molecular formula is C15H27N3. The highest BCUT2D eigenvalue weighted by molar-refractivity contribution is 5.08. The number of nitrogens with one attached hydrogen (secondary N) is 1. The van der Waals surface area contributed by atoms with E-state index in [2.05, 4.69) is 37.4 Å². The molecule has 1 fully saturated rings. The zero-order chi connectivity index (χ0) is 13.0. The van der Waals surface area contributed by atoms with Gasteiger partial charge in [0, 0.05) is 18.8 Å². The topological polar surface area (TPSA) is 29.9 Å². The normalized spacial score (nSPS) is 17.1. The summed E-state index contributed by atoms with van der Waals surface area (Å²) < 4.78 is 2.03. The lowest BCUT2D eigenvalue weighted by Crippen LogP contribution is -2.31. The predicted octanol–water partition coefficient (Wildman–Crippen LogP) is 2.83. The fourth-order valence-corrected chi connectivity index (χ4v) is 2.73. The Hall–Kier alpha value is -0.830. The van der Waals surface area contributed by atoms with E-state index >= 15 is 0 Å². The number of hydrogen-bond donors (Lipinski definition) is 1. The maximum atomic E-state index is 4.41. The molecule has 1 heterocycles. The second-order valence-electron chi connectivity index (χ2n) is 5.69. The van der Waals surface area contributed by atoms with Crippen molar-refractivity contribution in [2.45, 2.75) is 58.4 Å². The maximum absolute atomic E-state index is 4.41. The van der Waals surface area contributed by atoms with Crippen molar-refractivity contribution < 1.29 is 0 Å². The van der Waals surface area contributed by atoms with E-state index in [1.165, 1.54) is 44.3 Å². The lowest BCUT2D eigenvalue weighted by atomic mass is 10.0. The Bertz CT molecular complexity index is 366. The van der Waals surface area contributed by atoms with E-state index < -0.39 is 0 Å². The lowest BCUT2D eigenvalue weighted by Gasteiger charge is -2.17. The van der Waals surface area contributed by atoms with Gasteiger partial charge < -0.3 is 5.32 Å². The predicted molar refractivity (Wildman–Crippen MR) is 75.7 cm³/mol. The molecule has 1 N–H and O–H groups in total. The van der Waals surface area contributed by atoms with E-state index in [1.807, 2.05) is 4.68 Å². The average Bonchev–Trinajstić information content (AvgIpc) is 3.11. The monoisotopic (exact) mass is 249 g/mol. The first kappa shape index (κ1) is 13.6.